The van der Waals surface area contributed by atoms with Crippen LogP contribution < -0.4 is 11.2 Å². The molecule has 8 nitrogen and oxygen atoms in total. The van der Waals surface area contributed by atoms with Crippen LogP contribution in [-0.4, -0.2) is 21.8 Å². The van der Waals surface area contributed by atoms with Gasteiger partial charge in [-0.15, -0.1) is 5.10 Å². The molecule has 3 N–H and O–H groups in total. The molecule has 0 aliphatic rings. The van der Waals surface area contributed by atoms with E-state index in [9.17, 15) is 10.1 Å². The van der Waals surface area contributed by atoms with Crippen LogP contribution in [-0.2, 0) is 6.54 Å². The molecule has 0 bridgehead atoms. The predicted molar refractivity (Wildman–Crippen MR) is 96.8 cm³/mol. The molecule has 1 heterocycles. The normalized spacial score (nSPS) is 11.9. The number of aromatic nitrogens is 1. The highest BCUT2D eigenvalue weighted by Crippen LogP contribution is 2.21. The monoisotopic (exact) mass is 336 g/mol. The molecule has 2 aromatic carbocycles. The first-order valence-corrected chi connectivity index (χ1v) is 7.53. The van der Waals surface area contributed by atoms with Crippen LogP contribution in [0.3, 0.4) is 0 Å². The number of nitrogens with one attached hydrogen (secondary N) is 1. The lowest BCUT2D eigenvalue weighted by Crippen LogP contribution is -2.35. The molecule has 0 amide bonds. The molecule has 0 fully saturated rings. The third-order valence-corrected chi connectivity index (χ3v) is 3.58. The van der Waals surface area contributed by atoms with Gasteiger partial charge >= 0.3 is 0 Å². The van der Waals surface area contributed by atoms with Gasteiger partial charge in [-0.1, -0.05) is 54.0 Å². The number of hydrazine groups is 1. The maximum Gasteiger partial charge on any atom is 0.275 e. The number of nitrogens with zero attached hydrogens (tertiary/aromatic N) is 4. The quantitative estimate of drug-likeness (QED) is 0.322. The Bertz CT molecular complexity index is 946. The van der Waals surface area contributed by atoms with Crippen LogP contribution in [0.5, 0.6) is 0 Å². The average molecular weight is 336 g/mol. The largest absolute Gasteiger partial charge is 0.364 e. The van der Waals surface area contributed by atoms with Crippen molar-refractivity contribution in [1.82, 2.24) is 9.99 Å². The zero-order valence-electron chi connectivity index (χ0n) is 13.2. The minimum atomic E-state index is -0.792. The summed E-state index contributed by atoms with van der Waals surface area (Å²) < 4.78 is 2.12. The fraction of sp³-hybridized carbons (Fsp3) is 0.0588. The molecule has 0 saturated heterocycles. The lowest BCUT2D eigenvalue weighted by Gasteiger charge is -2.05. The second-order valence-electron chi connectivity index (χ2n) is 5.31. The number of nitrogens with two attached hydrogens (primary N) is 1. The minimum absolute atomic E-state index is 0.380. The van der Waals surface area contributed by atoms with Gasteiger partial charge in [0, 0.05) is 29.2 Å². The van der Waals surface area contributed by atoms with Crippen molar-refractivity contribution in [3.63, 3.8) is 0 Å². The van der Waals surface area contributed by atoms with Crippen molar-refractivity contribution in [3.05, 3.63) is 82.0 Å². The summed E-state index contributed by atoms with van der Waals surface area (Å²) >= 11 is 0. The fourth-order valence-corrected chi connectivity index (χ4v) is 2.56. The maximum absolute atomic E-state index is 10.3. The Morgan fingerprint density at radius 3 is 2.68 bits per heavy atom. The second-order valence-corrected chi connectivity index (χ2v) is 5.31. The van der Waals surface area contributed by atoms with Crippen LogP contribution in [0, 0.1) is 10.1 Å². The van der Waals surface area contributed by atoms with Crippen molar-refractivity contribution in [2.75, 3.05) is 0 Å². The summed E-state index contributed by atoms with van der Waals surface area (Å²) in [5, 5.41) is 17.9. The number of para-hydroxylation sites is 1. The molecule has 0 aliphatic carbocycles. The summed E-state index contributed by atoms with van der Waals surface area (Å²) in [6.45, 7) is 0.726. The number of guanidine groups is 1. The summed E-state index contributed by atoms with van der Waals surface area (Å²) in [5.74, 6) is -0.380. The maximum atomic E-state index is 10.3. The van der Waals surface area contributed by atoms with Gasteiger partial charge in [-0.25, -0.2) is 10.1 Å². The lowest BCUT2D eigenvalue weighted by molar-refractivity contribution is -0.525. The molecular weight excluding hydrogens is 320 g/mol. The Morgan fingerprint density at radius 2 is 1.92 bits per heavy atom. The third kappa shape index (κ3) is 3.99. The smallest absolute Gasteiger partial charge is 0.275 e. The van der Waals surface area contributed by atoms with E-state index in [1.807, 2.05) is 48.7 Å². The van der Waals surface area contributed by atoms with E-state index in [-0.39, 0.29) is 5.96 Å². The van der Waals surface area contributed by atoms with E-state index in [1.165, 1.54) is 11.8 Å². The second kappa shape index (κ2) is 7.26. The van der Waals surface area contributed by atoms with Crippen molar-refractivity contribution < 1.29 is 5.03 Å². The summed E-state index contributed by atoms with van der Waals surface area (Å²) in [4.78, 5) is 10.3. The zero-order chi connectivity index (χ0) is 17.6. The van der Waals surface area contributed by atoms with Crippen LogP contribution >= 0.6 is 0 Å². The van der Waals surface area contributed by atoms with Gasteiger partial charge in [0.2, 0.25) is 0 Å². The highest BCUT2D eigenvalue weighted by atomic mass is 16.7. The number of hydrogen-bond acceptors (Lipinski definition) is 4. The van der Waals surface area contributed by atoms with E-state index in [0.717, 1.165) is 23.0 Å². The SMILES string of the molecule is N/C(=N\N=C/c1cn(Cc2ccccc2)c2ccccc12)N[N+](=O)[O-]. The number of nitro groups is 1. The van der Waals surface area contributed by atoms with E-state index < -0.39 is 5.03 Å². The van der Waals surface area contributed by atoms with Crippen molar-refractivity contribution in [2.24, 2.45) is 15.9 Å². The molecular formula is C17H16N6O2. The first kappa shape index (κ1) is 16.2. The topological polar surface area (TPSA) is 111 Å². The van der Waals surface area contributed by atoms with Crippen molar-refractivity contribution in [3.8, 4) is 0 Å². The van der Waals surface area contributed by atoms with E-state index >= 15 is 0 Å². The Balaban J connectivity index is 1.90. The Kier molecular flexibility index (Phi) is 4.70. The molecule has 0 saturated carbocycles. The molecule has 0 atom stereocenters. The lowest BCUT2D eigenvalue weighted by atomic mass is 10.2. The summed E-state index contributed by atoms with van der Waals surface area (Å²) in [7, 11) is 0. The van der Waals surface area contributed by atoms with E-state index in [0.29, 0.717) is 0 Å². The van der Waals surface area contributed by atoms with Crippen molar-refractivity contribution >= 4 is 23.1 Å². The van der Waals surface area contributed by atoms with Crippen LogP contribution in [0.4, 0.5) is 0 Å². The van der Waals surface area contributed by atoms with Gasteiger partial charge in [0.15, 0.2) is 5.03 Å². The van der Waals surface area contributed by atoms with Gasteiger partial charge < -0.3 is 10.3 Å². The Morgan fingerprint density at radius 1 is 1.20 bits per heavy atom. The molecule has 3 aromatic rings. The number of benzene rings is 2. The first-order valence-electron chi connectivity index (χ1n) is 7.53. The summed E-state index contributed by atoms with van der Waals surface area (Å²) in [6, 6.07) is 18.1. The molecule has 0 aliphatic heterocycles. The van der Waals surface area contributed by atoms with Gasteiger partial charge in [0.05, 0.1) is 6.21 Å². The molecule has 0 spiro atoms. The van der Waals surface area contributed by atoms with Gasteiger partial charge in [0.1, 0.15) is 0 Å². The van der Waals surface area contributed by atoms with Crippen LogP contribution in [0.1, 0.15) is 11.1 Å². The van der Waals surface area contributed by atoms with Crippen LogP contribution in [0.2, 0.25) is 0 Å². The van der Waals surface area contributed by atoms with E-state index in [4.69, 9.17) is 5.73 Å². The average Bonchev–Trinajstić information content (AvgIpc) is 2.93. The first-order chi connectivity index (χ1) is 12.1. The van der Waals surface area contributed by atoms with Crippen LogP contribution in [0.15, 0.2) is 71.0 Å². The standard InChI is InChI=1S/C17H16N6O2/c18-17(21-23(24)25)20-19-10-14-12-22(11-13-6-2-1-3-7-13)16-9-5-4-8-15(14)16/h1-10,12H,11H2,(H3,18,20,21)/b19-10-. The van der Waals surface area contributed by atoms with E-state index in [2.05, 4.69) is 26.9 Å². The molecule has 126 valence electrons. The summed E-state index contributed by atoms with van der Waals surface area (Å²) in [6.07, 6.45) is 3.49. The number of hydrogen-bond donors (Lipinski definition) is 2. The summed E-state index contributed by atoms with van der Waals surface area (Å²) in [5.41, 5.74) is 10.2. The number of rotatable bonds is 5. The van der Waals surface area contributed by atoms with Gasteiger partial charge in [-0.2, -0.15) is 5.10 Å². The molecule has 0 radical (unpaired) electrons. The fourth-order valence-electron chi connectivity index (χ4n) is 2.56. The molecule has 3 rings (SSSR count). The van der Waals surface area contributed by atoms with E-state index in [1.54, 1.807) is 5.43 Å². The molecule has 25 heavy (non-hydrogen) atoms. The van der Waals surface area contributed by atoms with Gasteiger partial charge in [0.25, 0.3) is 5.96 Å². The Labute approximate surface area is 143 Å². The Hall–Kier alpha value is -3.68. The highest BCUT2D eigenvalue weighted by Gasteiger charge is 2.07. The molecule has 0 unspecified atom stereocenters. The molecule has 8 heteroatoms. The van der Waals surface area contributed by atoms with Gasteiger partial charge in [-0.3, -0.25) is 0 Å². The van der Waals surface area contributed by atoms with Crippen molar-refractivity contribution in [1.29, 1.82) is 0 Å². The number of fused-ring (bicyclic) bond motifs is 1. The third-order valence-electron chi connectivity index (χ3n) is 3.58. The van der Waals surface area contributed by atoms with Crippen molar-refractivity contribution in [2.45, 2.75) is 6.54 Å². The predicted octanol–water partition coefficient (Wildman–Crippen LogP) is 2.12. The van der Waals surface area contributed by atoms with Crippen LogP contribution in [0.25, 0.3) is 10.9 Å². The highest BCUT2D eigenvalue weighted by molar-refractivity contribution is 5.99. The minimum Gasteiger partial charge on any atom is -0.364 e. The molecule has 1 aromatic heterocycles. The van der Waals surface area contributed by atoms with Gasteiger partial charge in [-0.05, 0) is 11.6 Å². The zero-order valence-corrected chi connectivity index (χ0v) is 13.2.